The predicted molar refractivity (Wildman–Crippen MR) is 137 cm³/mol. The first-order chi connectivity index (χ1) is 17.4. The van der Waals surface area contributed by atoms with Crippen LogP contribution in [0, 0.1) is 0 Å². The number of rotatable bonds is 5. The topological polar surface area (TPSA) is 130 Å². The van der Waals surface area contributed by atoms with E-state index in [2.05, 4.69) is 21.4 Å². The SMILES string of the molecule is CC1Cc2cc(C3CN4CCN(C(=O)Cc5ccc(N(N)/C=N\N)cc5)CC4CN3)ccc2C(=O)O1. The minimum atomic E-state index is -0.230. The largest absolute Gasteiger partial charge is 0.459 e. The number of esters is 1. The van der Waals surface area contributed by atoms with Gasteiger partial charge in [0.2, 0.25) is 5.91 Å². The van der Waals surface area contributed by atoms with Crippen LogP contribution in [-0.2, 0) is 22.4 Å². The van der Waals surface area contributed by atoms with Gasteiger partial charge in [0, 0.05) is 51.2 Å². The number of anilines is 1. The van der Waals surface area contributed by atoms with Gasteiger partial charge in [0.05, 0.1) is 17.7 Å². The first kappa shape index (κ1) is 24.2. The number of carbonyl (C=O) groups excluding carboxylic acids is 2. The molecular weight excluding hydrogens is 458 g/mol. The Bertz CT molecular complexity index is 1150. The van der Waals surface area contributed by atoms with Gasteiger partial charge >= 0.3 is 5.97 Å². The number of amides is 1. The van der Waals surface area contributed by atoms with Crippen molar-refractivity contribution < 1.29 is 14.3 Å². The van der Waals surface area contributed by atoms with Crippen LogP contribution in [0.15, 0.2) is 47.6 Å². The maximum atomic E-state index is 13.0. The zero-order chi connectivity index (χ0) is 25.2. The van der Waals surface area contributed by atoms with Crippen LogP contribution in [0.1, 0.15) is 40.0 Å². The van der Waals surface area contributed by atoms with E-state index in [0.717, 1.165) is 49.4 Å². The number of cyclic esters (lactones) is 1. The van der Waals surface area contributed by atoms with Crippen molar-refractivity contribution >= 4 is 23.9 Å². The fraction of sp³-hybridized carbons (Fsp3) is 0.423. The van der Waals surface area contributed by atoms with Crippen LogP contribution in [0.3, 0.4) is 0 Å². The number of hydrogen-bond acceptors (Lipinski definition) is 8. The van der Waals surface area contributed by atoms with Gasteiger partial charge in [-0.3, -0.25) is 14.7 Å². The summed E-state index contributed by atoms with van der Waals surface area (Å²) >= 11 is 0. The Morgan fingerprint density at radius 2 is 2.03 bits per heavy atom. The highest BCUT2D eigenvalue weighted by atomic mass is 16.5. The maximum Gasteiger partial charge on any atom is 0.338 e. The molecule has 0 aliphatic carbocycles. The second kappa shape index (κ2) is 10.3. The Kier molecular flexibility index (Phi) is 6.90. The number of ether oxygens (including phenoxy) is 1. The van der Waals surface area contributed by atoms with Gasteiger partial charge in [0.1, 0.15) is 12.4 Å². The van der Waals surface area contributed by atoms with Gasteiger partial charge in [-0.05, 0) is 41.8 Å². The Balaban J connectivity index is 1.17. The van der Waals surface area contributed by atoms with Gasteiger partial charge in [0.25, 0.3) is 0 Å². The number of nitrogens with two attached hydrogens (primary N) is 2. The molecule has 3 atom stereocenters. The second-order valence-electron chi connectivity index (χ2n) is 9.80. The van der Waals surface area contributed by atoms with E-state index in [4.69, 9.17) is 16.4 Å². The molecule has 2 aromatic rings. The molecule has 1 amide bonds. The number of hydrazone groups is 1. The van der Waals surface area contributed by atoms with Gasteiger partial charge in [-0.15, -0.1) is 0 Å². The third kappa shape index (κ3) is 5.06. The van der Waals surface area contributed by atoms with Crippen molar-refractivity contribution in [3.63, 3.8) is 0 Å². The molecule has 0 radical (unpaired) electrons. The van der Waals surface area contributed by atoms with E-state index in [9.17, 15) is 9.59 Å². The summed E-state index contributed by atoms with van der Waals surface area (Å²) in [5.74, 6) is 10.9. The zero-order valence-electron chi connectivity index (χ0n) is 20.5. The molecule has 5 rings (SSSR count). The molecule has 10 nitrogen and oxygen atoms in total. The van der Waals surface area contributed by atoms with Crippen molar-refractivity contribution in [3.8, 4) is 0 Å². The molecule has 0 bridgehead atoms. The normalized spacial score (nSPS) is 24.2. The highest BCUT2D eigenvalue weighted by Crippen LogP contribution is 2.28. The highest BCUT2D eigenvalue weighted by Gasteiger charge is 2.35. The van der Waals surface area contributed by atoms with E-state index >= 15 is 0 Å². The number of nitrogens with one attached hydrogen (secondary N) is 1. The van der Waals surface area contributed by atoms with E-state index in [1.165, 1.54) is 16.9 Å². The summed E-state index contributed by atoms with van der Waals surface area (Å²) in [5.41, 5.74) is 4.62. The molecular formula is C26H33N7O3. The Morgan fingerprint density at radius 3 is 2.81 bits per heavy atom. The van der Waals surface area contributed by atoms with Crippen molar-refractivity contribution in [2.45, 2.75) is 38.0 Å². The first-order valence-corrected chi connectivity index (χ1v) is 12.4. The summed E-state index contributed by atoms with van der Waals surface area (Å²) in [4.78, 5) is 29.6. The van der Waals surface area contributed by atoms with Crippen molar-refractivity contribution in [2.75, 3.05) is 37.7 Å². The van der Waals surface area contributed by atoms with Gasteiger partial charge in [-0.1, -0.05) is 24.3 Å². The smallest absolute Gasteiger partial charge is 0.338 e. The molecule has 3 unspecified atom stereocenters. The lowest BCUT2D eigenvalue weighted by Gasteiger charge is -2.47. The molecule has 0 aromatic heterocycles. The summed E-state index contributed by atoms with van der Waals surface area (Å²) in [6, 6.07) is 14.1. The minimum absolute atomic E-state index is 0.0894. The minimum Gasteiger partial charge on any atom is -0.459 e. The van der Waals surface area contributed by atoms with Crippen molar-refractivity contribution in [3.05, 3.63) is 64.7 Å². The van der Waals surface area contributed by atoms with Gasteiger partial charge < -0.3 is 20.8 Å². The number of fused-ring (bicyclic) bond motifs is 2. The average Bonchev–Trinajstić information content (AvgIpc) is 2.88. The standard InChI is InChI=1S/C26H33N7O3/c1-17-10-20-12-19(4-7-23(20)26(35)36-17)24-15-31-8-9-32(14-22(31)13-29-24)25(34)11-18-2-5-21(6-3-18)33(28)16-30-27/h2-7,12,16-17,22,24,29H,8-11,13-15,27-28H2,1H3/b30-16-. The molecule has 36 heavy (non-hydrogen) atoms. The Labute approximate surface area is 210 Å². The molecule has 2 aromatic carbocycles. The Morgan fingerprint density at radius 1 is 1.22 bits per heavy atom. The van der Waals surface area contributed by atoms with Gasteiger partial charge in [-0.25, -0.2) is 10.6 Å². The van der Waals surface area contributed by atoms with E-state index in [1.54, 1.807) is 0 Å². The molecule has 3 aliphatic heterocycles. The van der Waals surface area contributed by atoms with Gasteiger partial charge in [0.15, 0.2) is 0 Å². The Hall–Kier alpha value is -3.47. The first-order valence-electron chi connectivity index (χ1n) is 12.4. The maximum absolute atomic E-state index is 13.0. The number of piperazine rings is 2. The van der Waals surface area contributed by atoms with Crippen LogP contribution >= 0.6 is 0 Å². The molecule has 0 saturated carbocycles. The lowest BCUT2D eigenvalue weighted by molar-refractivity contribution is -0.134. The van der Waals surface area contributed by atoms with E-state index in [0.29, 0.717) is 18.5 Å². The lowest BCUT2D eigenvalue weighted by Crippen LogP contribution is -2.62. The number of carbonyl (C=O) groups is 2. The molecule has 3 aliphatic rings. The third-order valence-corrected chi connectivity index (χ3v) is 7.32. The van der Waals surface area contributed by atoms with Crippen molar-refractivity contribution in [1.82, 2.24) is 15.1 Å². The molecule has 2 fully saturated rings. The van der Waals surface area contributed by atoms with Crippen LogP contribution in [0.25, 0.3) is 0 Å². The number of benzene rings is 2. The molecule has 3 heterocycles. The van der Waals surface area contributed by atoms with E-state index in [1.807, 2.05) is 48.2 Å². The molecule has 190 valence electrons. The quantitative estimate of drug-likeness (QED) is 0.184. The van der Waals surface area contributed by atoms with Crippen molar-refractivity contribution in [1.29, 1.82) is 0 Å². The van der Waals surface area contributed by atoms with E-state index < -0.39 is 0 Å². The van der Waals surface area contributed by atoms with Crippen LogP contribution in [0.5, 0.6) is 0 Å². The monoisotopic (exact) mass is 491 g/mol. The fourth-order valence-electron chi connectivity index (χ4n) is 5.36. The van der Waals surface area contributed by atoms with Crippen molar-refractivity contribution in [2.24, 2.45) is 16.8 Å². The lowest BCUT2D eigenvalue weighted by atomic mass is 9.93. The zero-order valence-corrected chi connectivity index (χ0v) is 20.5. The third-order valence-electron chi connectivity index (χ3n) is 7.32. The summed E-state index contributed by atoms with van der Waals surface area (Å²) in [6.45, 7) is 5.91. The predicted octanol–water partition coefficient (Wildman–Crippen LogP) is 0.770. The molecule has 2 saturated heterocycles. The molecule has 5 N–H and O–H groups in total. The number of hydrazine groups is 1. The average molecular weight is 492 g/mol. The van der Waals surface area contributed by atoms with Crippen LogP contribution in [0.2, 0.25) is 0 Å². The van der Waals surface area contributed by atoms with Crippen LogP contribution in [0.4, 0.5) is 5.69 Å². The molecule has 0 spiro atoms. The van der Waals surface area contributed by atoms with E-state index in [-0.39, 0.29) is 30.1 Å². The molecule has 10 heteroatoms. The summed E-state index contributed by atoms with van der Waals surface area (Å²) in [7, 11) is 0. The van der Waals surface area contributed by atoms with Gasteiger partial charge in [-0.2, -0.15) is 5.10 Å². The number of nitrogens with zero attached hydrogens (tertiary/aromatic N) is 4. The summed E-state index contributed by atoms with van der Waals surface area (Å²) in [5, 5.41) is 8.41. The number of hydrogen-bond donors (Lipinski definition) is 3. The van der Waals surface area contributed by atoms with Crippen LogP contribution in [-0.4, -0.2) is 72.9 Å². The highest BCUT2D eigenvalue weighted by molar-refractivity contribution is 5.92. The second-order valence-corrected chi connectivity index (χ2v) is 9.80. The fourth-order valence-corrected chi connectivity index (χ4v) is 5.36. The summed E-state index contributed by atoms with van der Waals surface area (Å²) in [6.07, 6.45) is 2.34. The van der Waals surface area contributed by atoms with Crippen LogP contribution < -0.4 is 22.0 Å². The summed E-state index contributed by atoms with van der Waals surface area (Å²) < 4.78 is 5.35.